The Hall–Kier alpha value is -3.18. The van der Waals surface area contributed by atoms with Gasteiger partial charge in [0.1, 0.15) is 11.8 Å². The molecule has 1 unspecified atom stereocenters. The van der Waals surface area contributed by atoms with Gasteiger partial charge in [-0.1, -0.05) is 36.4 Å². The van der Waals surface area contributed by atoms with Gasteiger partial charge < -0.3 is 5.11 Å². The smallest absolute Gasteiger partial charge is 0.300 e. The van der Waals surface area contributed by atoms with E-state index in [0.717, 1.165) is 16.0 Å². The highest BCUT2D eigenvalue weighted by molar-refractivity contribution is 7.10. The van der Waals surface area contributed by atoms with Gasteiger partial charge in [0.15, 0.2) is 0 Å². The summed E-state index contributed by atoms with van der Waals surface area (Å²) in [5, 5.41) is 12.9. The van der Waals surface area contributed by atoms with Crippen LogP contribution in [0, 0.1) is 13.8 Å². The van der Waals surface area contributed by atoms with E-state index in [2.05, 4.69) is 0 Å². The van der Waals surface area contributed by atoms with Crippen LogP contribution in [0.25, 0.3) is 5.76 Å². The molecule has 1 saturated heterocycles. The molecule has 0 aliphatic carbocycles. The minimum Gasteiger partial charge on any atom is -0.507 e. The predicted molar refractivity (Wildman–Crippen MR) is 111 cm³/mol. The lowest BCUT2D eigenvalue weighted by molar-refractivity contribution is -0.132. The van der Waals surface area contributed by atoms with E-state index in [-0.39, 0.29) is 11.3 Å². The van der Waals surface area contributed by atoms with E-state index in [1.807, 2.05) is 61.7 Å². The third kappa shape index (κ3) is 2.94. The van der Waals surface area contributed by atoms with Crippen molar-refractivity contribution in [1.82, 2.24) is 0 Å². The number of Topliss-reactive ketones (excluding diaryl/α,β-unsaturated/α-hetero) is 1. The van der Waals surface area contributed by atoms with E-state index in [1.54, 1.807) is 18.2 Å². The van der Waals surface area contributed by atoms with Gasteiger partial charge in [-0.2, -0.15) is 0 Å². The number of rotatable bonds is 3. The zero-order valence-electron chi connectivity index (χ0n) is 15.5. The standard InChI is InChI=1S/C23H19NO3S/c1-14-10-11-16(13-15(14)2)21(25)19-20(18-9-6-12-28-18)24(23(27)22(19)26)17-7-4-3-5-8-17/h3-13,20,25H,1-2H3/b21-19-. The first kappa shape index (κ1) is 18.2. The fraction of sp³-hybridized carbons (Fsp3) is 0.130. The highest BCUT2D eigenvalue weighted by Crippen LogP contribution is 2.43. The van der Waals surface area contributed by atoms with E-state index in [4.69, 9.17) is 0 Å². The quantitative estimate of drug-likeness (QED) is 0.390. The summed E-state index contributed by atoms with van der Waals surface area (Å²) in [5.74, 6) is -1.44. The van der Waals surface area contributed by atoms with Crippen molar-refractivity contribution in [2.24, 2.45) is 0 Å². The lowest BCUT2D eigenvalue weighted by atomic mass is 9.97. The van der Waals surface area contributed by atoms with Gasteiger partial charge in [-0.05, 0) is 54.6 Å². The Bertz CT molecular complexity index is 1080. The minimum absolute atomic E-state index is 0.125. The van der Waals surface area contributed by atoms with Crippen LogP contribution in [0.15, 0.2) is 71.6 Å². The Morgan fingerprint density at radius 3 is 2.36 bits per heavy atom. The molecule has 0 saturated carbocycles. The summed E-state index contributed by atoms with van der Waals surface area (Å²) >= 11 is 1.45. The van der Waals surface area contributed by atoms with Gasteiger partial charge >= 0.3 is 0 Å². The van der Waals surface area contributed by atoms with E-state index >= 15 is 0 Å². The minimum atomic E-state index is -0.669. The molecule has 1 amide bonds. The first-order valence-electron chi connectivity index (χ1n) is 8.96. The van der Waals surface area contributed by atoms with Crippen molar-refractivity contribution in [3.8, 4) is 0 Å². The largest absolute Gasteiger partial charge is 0.507 e. The van der Waals surface area contributed by atoms with Crippen molar-refractivity contribution >= 4 is 34.5 Å². The second-order valence-corrected chi connectivity index (χ2v) is 7.80. The number of aryl methyl sites for hydroxylation is 2. The SMILES string of the molecule is Cc1ccc(/C(O)=C2/C(=O)C(=O)N(c3ccccc3)C2c2cccs2)cc1C. The topological polar surface area (TPSA) is 57.6 Å². The Morgan fingerprint density at radius 1 is 0.964 bits per heavy atom. The highest BCUT2D eigenvalue weighted by atomic mass is 32.1. The van der Waals surface area contributed by atoms with Crippen molar-refractivity contribution in [3.05, 3.63) is 93.2 Å². The third-order valence-corrected chi connectivity index (χ3v) is 6.00. The molecule has 2 heterocycles. The Kier molecular flexibility index (Phi) is 4.61. The van der Waals surface area contributed by atoms with Crippen LogP contribution in [0.4, 0.5) is 5.69 Å². The molecule has 1 aromatic heterocycles. The monoisotopic (exact) mass is 389 g/mol. The summed E-state index contributed by atoms with van der Waals surface area (Å²) in [4.78, 5) is 28.2. The number of para-hydroxylation sites is 1. The average Bonchev–Trinajstić information content (AvgIpc) is 3.31. The molecule has 0 radical (unpaired) electrons. The summed E-state index contributed by atoms with van der Waals surface area (Å²) in [6.07, 6.45) is 0. The average molecular weight is 389 g/mol. The summed E-state index contributed by atoms with van der Waals surface area (Å²) in [7, 11) is 0. The van der Waals surface area contributed by atoms with Gasteiger partial charge in [-0.25, -0.2) is 0 Å². The van der Waals surface area contributed by atoms with Crippen LogP contribution in [0.5, 0.6) is 0 Å². The number of ketones is 1. The van der Waals surface area contributed by atoms with Crippen LogP contribution in [0.1, 0.15) is 27.6 Å². The van der Waals surface area contributed by atoms with Crippen molar-refractivity contribution in [2.45, 2.75) is 19.9 Å². The van der Waals surface area contributed by atoms with Gasteiger partial charge in [-0.15, -0.1) is 11.3 Å². The fourth-order valence-corrected chi connectivity index (χ4v) is 4.27. The zero-order valence-corrected chi connectivity index (χ0v) is 16.4. The zero-order chi connectivity index (χ0) is 19.8. The molecular weight excluding hydrogens is 370 g/mol. The number of amides is 1. The van der Waals surface area contributed by atoms with Crippen LogP contribution in [-0.4, -0.2) is 16.8 Å². The molecule has 1 aliphatic heterocycles. The number of aliphatic hydroxyl groups is 1. The predicted octanol–water partition coefficient (Wildman–Crippen LogP) is 4.99. The molecule has 2 aromatic carbocycles. The van der Waals surface area contributed by atoms with Crippen LogP contribution >= 0.6 is 11.3 Å². The maximum absolute atomic E-state index is 13.0. The second kappa shape index (κ2) is 7.09. The summed E-state index contributed by atoms with van der Waals surface area (Å²) in [6.45, 7) is 3.94. The van der Waals surface area contributed by atoms with Crippen LogP contribution < -0.4 is 4.90 Å². The van der Waals surface area contributed by atoms with E-state index < -0.39 is 17.7 Å². The molecular formula is C23H19NO3S. The molecule has 0 bridgehead atoms. The maximum Gasteiger partial charge on any atom is 0.300 e. The number of carbonyl (C=O) groups is 2. The number of carbonyl (C=O) groups excluding carboxylic acids is 2. The molecule has 5 heteroatoms. The molecule has 4 rings (SSSR count). The maximum atomic E-state index is 13.0. The van der Waals surface area contributed by atoms with Crippen molar-refractivity contribution in [2.75, 3.05) is 4.90 Å². The third-order valence-electron chi connectivity index (χ3n) is 5.07. The summed E-state index contributed by atoms with van der Waals surface area (Å²) in [5.41, 5.74) is 3.39. The van der Waals surface area contributed by atoms with Crippen molar-refractivity contribution < 1.29 is 14.7 Å². The second-order valence-electron chi connectivity index (χ2n) is 6.82. The molecule has 28 heavy (non-hydrogen) atoms. The number of thiophene rings is 1. The van der Waals surface area contributed by atoms with Gasteiger partial charge in [0, 0.05) is 16.1 Å². The molecule has 1 fully saturated rings. The normalized spacial score (nSPS) is 18.6. The van der Waals surface area contributed by atoms with Gasteiger partial charge in [0.05, 0.1) is 5.57 Å². The molecule has 1 atom stereocenters. The van der Waals surface area contributed by atoms with E-state index in [1.165, 1.54) is 16.2 Å². The number of anilines is 1. The van der Waals surface area contributed by atoms with Gasteiger partial charge in [-0.3, -0.25) is 14.5 Å². The van der Waals surface area contributed by atoms with E-state index in [9.17, 15) is 14.7 Å². The number of hydrogen-bond acceptors (Lipinski definition) is 4. The Balaban J connectivity index is 1.93. The number of aliphatic hydroxyl groups excluding tert-OH is 1. The van der Waals surface area contributed by atoms with Crippen LogP contribution in [0.3, 0.4) is 0 Å². The molecule has 1 aliphatic rings. The molecule has 3 aromatic rings. The van der Waals surface area contributed by atoms with Crippen molar-refractivity contribution in [3.63, 3.8) is 0 Å². The van der Waals surface area contributed by atoms with Gasteiger partial charge in [0.25, 0.3) is 11.7 Å². The first-order chi connectivity index (χ1) is 13.5. The Labute approximate surface area is 167 Å². The molecule has 0 spiro atoms. The van der Waals surface area contributed by atoms with Crippen LogP contribution in [-0.2, 0) is 9.59 Å². The summed E-state index contributed by atoms with van der Waals surface area (Å²) in [6, 6.07) is 17.7. The van der Waals surface area contributed by atoms with Crippen molar-refractivity contribution in [1.29, 1.82) is 0 Å². The lowest BCUT2D eigenvalue weighted by Gasteiger charge is -2.24. The van der Waals surface area contributed by atoms with Crippen LogP contribution in [0.2, 0.25) is 0 Å². The fourth-order valence-electron chi connectivity index (χ4n) is 3.45. The number of benzene rings is 2. The highest BCUT2D eigenvalue weighted by Gasteiger charge is 2.47. The summed E-state index contributed by atoms with van der Waals surface area (Å²) < 4.78 is 0. The number of nitrogens with zero attached hydrogens (tertiary/aromatic N) is 1. The molecule has 1 N–H and O–H groups in total. The first-order valence-corrected chi connectivity index (χ1v) is 9.84. The van der Waals surface area contributed by atoms with E-state index in [0.29, 0.717) is 11.3 Å². The Morgan fingerprint density at radius 2 is 1.71 bits per heavy atom. The number of hydrogen-bond donors (Lipinski definition) is 1. The molecule has 140 valence electrons. The van der Waals surface area contributed by atoms with Gasteiger partial charge in [0.2, 0.25) is 0 Å². The molecule has 4 nitrogen and oxygen atoms in total. The lowest BCUT2D eigenvalue weighted by Crippen LogP contribution is -2.29.